The van der Waals surface area contributed by atoms with Gasteiger partial charge in [-0.3, -0.25) is 10.1 Å². The molecule has 0 bridgehead atoms. The lowest BCUT2D eigenvalue weighted by Crippen LogP contribution is -2.18. The summed E-state index contributed by atoms with van der Waals surface area (Å²) < 4.78 is 64.8. The van der Waals surface area contributed by atoms with Crippen molar-refractivity contribution >= 4 is 34.5 Å². The number of rotatable bonds is 8. The van der Waals surface area contributed by atoms with Crippen LogP contribution in [-0.4, -0.2) is 30.7 Å². The highest BCUT2D eigenvalue weighted by Gasteiger charge is 2.14. The average Bonchev–Trinajstić information content (AvgIpc) is 3.14. The maximum Gasteiger partial charge on any atom is 0.257 e. The summed E-state index contributed by atoms with van der Waals surface area (Å²) in [6, 6.07) is 5.78. The summed E-state index contributed by atoms with van der Waals surface area (Å²) in [6.07, 6.45) is 3.19. The Bertz CT molecular complexity index is 1150. The van der Waals surface area contributed by atoms with Crippen LogP contribution in [0.15, 0.2) is 36.5 Å². The number of carbonyl (C=O) groups excluding carboxylic acids is 1. The van der Waals surface area contributed by atoms with E-state index in [9.17, 15) is 22.4 Å². The first-order valence-corrected chi connectivity index (χ1v) is 10.1. The first-order valence-electron chi connectivity index (χ1n) is 9.31. The number of hydrogen-bond acceptors (Lipinski definition) is 5. The maximum atomic E-state index is 13.9. The topological polar surface area (TPSA) is 60.5 Å². The fraction of sp³-hybridized carbons (Fsp3) is 0.182. The lowest BCUT2D eigenvalue weighted by Gasteiger charge is -2.15. The van der Waals surface area contributed by atoms with Crippen molar-refractivity contribution in [1.82, 2.24) is 4.98 Å². The zero-order chi connectivity index (χ0) is 23.3. The van der Waals surface area contributed by atoms with E-state index in [4.69, 9.17) is 9.47 Å². The van der Waals surface area contributed by atoms with Gasteiger partial charge in [0.05, 0.1) is 12.8 Å². The molecule has 0 saturated heterocycles. The van der Waals surface area contributed by atoms with Gasteiger partial charge in [0.15, 0.2) is 21.9 Å². The van der Waals surface area contributed by atoms with Gasteiger partial charge in [-0.2, -0.15) is 4.39 Å². The molecule has 0 radical (unpaired) electrons. The number of aromatic nitrogens is 1. The van der Waals surface area contributed by atoms with Crippen LogP contribution in [-0.2, 0) is 4.74 Å². The van der Waals surface area contributed by atoms with Gasteiger partial charge in [0.1, 0.15) is 17.7 Å². The van der Waals surface area contributed by atoms with E-state index >= 15 is 0 Å². The van der Waals surface area contributed by atoms with E-state index in [1.165, 1.54) is 31.4 Å². The number of ether oxygens (including phenoxy) is 2. The van der Waals surface area contributed by atoms with Gasteiger partial charge in [-0.1, -0.05) is 23.5 Å². The lowest BCUT2D eigenvalue weighted by atomic mass is 10.1. The van der Waals surface area contributed by atoms with Crippen LogP contribution in [0.3, 0.4) is 0 Å². The number of nitrogens with one attached hydrogen (secondary N) is 1. The van der Waals surface area contributed by atoms with Crippen LogP contribution in [0.4, 0.5) is 22.7 Å². The predicted molar refractivity (Wildman–Crippen MR) is 114 cm³/mol. The van der Waals surface area contributed by atoms with Gasteiger partial charge in [-0.15, -0.1) is 0 Å². The van der Waals surface area contributed by atoms with Crippen LogP contribution in [0.1, 0.15) is 28.4 Å². The summed E-state index contributed by atoms with van der Waals surface area (Å²) in [5.41, 5.74) is 0.241. The molecule has 0 spiro atoms. The highest BCUT2D eigenvalue weighted by Crippen LogP contribution is 2.24. The molecule has 1 N–H and O–H groups in total. The number of anilines is 1. The van der Waals surface area contributed by atoms with Crippen LogP contribution in [0.2, 0.25) is 0 Å². The Morgan fingerprint density at radius 1 is 1.16 bits per heavy atom. The second-order valence-corrected chi connectivity index (χ2v) is 7.70. The van der Waals surface area contributed by atoms with Crippen molar-refractivity contribution in [2.24, 2.45) is 0 Å². The fourth-order valence-electron chi connectivity index (χ4n) is 2.78. The molecule has 10 heteroatoms. The largest absolute Gasteiger partial charge is 0.488 e. The van der Waals surface area contributed by atoms with Crippen molar-refractivity contribution in [3.63, 3.8) is 0 Å². The Balaban J connectivity index is 1.93. The van der Waals surface area contributed by atoms with Gasteiger partial charge in [0.2, 0.25) is 0 Å². The molecule has 0 saturated carbocycles. The molecular formula is C22H18F4N2O3S. The molecule has 5 nitrogen and oxygen atoms in total. The van der Waals surface area contributed by atoms with Crippen LogP contribution >= 0.6 is 11.3 Å². The van der Waals surface area contributed by atoms with Crippen molar-refractivity contribution in [1.29, 1.82) is 0 Å². The third-order valence-corrected chi connectivity index (χ3v) is 4.81. The minimum atomic E-state index is -1.31. The van der Waals surface area contributed by atoms with Crippen molar-refractivity contribution in [3.8, 4) is 5.75 Å². The molecule has 32 heavy (non-hydrogen) atoms. The minimum Gasteiger partial charge on any atom is -0.488 e. The van der Waals surface area contributed by atoms with Crippen LogP contribution in [0.5, 0.6) is 5.75 Å². The monoisotopic (exact) mass is 466 g/mol. The molecule has 3 rings (SSSR count). The third-order valence-electron chi connectivity index (χ3n) is 4.10. The molecule has 0 fully saturated rings. The fourth-order valence-corrected chi connectivity index (χ4v) is 3.32. The second-order valence-electron chi connectivity index (χ2n) is 6.72. The first-order chi connectivity index (χ1) is 15.2. The number of nitrogens with zero attached hydrogens (tertiary/aromatic N) is 1. The number of benzene rings is 2. The molecule has 0 unspecified atom stereocenters. The standard InChI is InChI=1S/C22H18F4N2O3S/c1-12(11-30-2)31-17-6-13(3-4-14-7-16(23)9-18(24)20(14)26)5-15(8-17)21(29)28-22-27-10-19(25)32-22/h3-10,12H,11H2,1-2H3,(H,27,28,29)/b4-3+/t12-/m0/s1. The maximum absolute atomic E-state index is 13.9. The van der Waals surface area contributed by atoms with E-state index in [2.05, 4.69) is 10.3 Å². The lowest BCUT2D eigenvalue weighted by molar-refractivity contribution is 0.0917. The Labute approximate surface area is 185 Å². The van der Waals surface area contributed by atoms with E-state index in [1.54, 1.807) is 13.0 Å². The van der Waals surface area contributed by atoms with E-state index in [-0.39, 0.29) is 29.0 Å². The molecule has 1 amide bonds. The van der Waals surface area contributed by atoms with Gasteiger partial charge in [-0.05, 0) is 36.8 Å². The number of amides is 1. The zero-order valence-electron chi connectivity index (χ0n) is 17.0. The Morgan fingerprint density at radius 3 is 2.62 bits per heavy atom. The van der Waals surface area contributed by atoms with Crippen molar-refractivity contribution in [3.05, 3.63) is 75.8 Å². The molecule has 1 heterocycles. The molecule has 3 aromatic rings. The highest BCUT2D eigenvalue weighted by atomic mass is 32.1. The van der Waals surface area contributed by atoms with E-state index in [0.29, 0.717) is 28.7 Å². The molecule has 0 aliphatic heterocycles. The second kappa shape index (κ2) is 10.4. The van der Waals surface area contributed by atoms with E-state index in [1.807, 2.05) is 0 Å². The molecule has 2 aromatic carbocycles. The van der Waals surface area contributed by atoms with Crippen molar-refractivity contribution in [2.45, 2.75) is 13.0 Å². The van der Waals surface area contributed by atoms with Crippen LogP contribution in [0, 0.1) is 22.6 Å². The molecule has 1 atom stereocenters. The third kappa shape index (κ3) is 6.14. The van der Waals surface area contributed by atoms with Gasteiger partial charge >= 0.3 is 0 Å². The summed E-state index contributed by atoms with van der Waals surface area (Å²) in [4.78, 5) is 16.4. The molecular weight excluding hydrogens is 448 g/mol. The molecule has 0 aliphatic rings. The van der Waals surface area contributed by atoms with Gasteiger partial charge in [0.25, 0.3) is 5.91 Å². The normalized spacial score (nSPS) is 12.2. The van der Waals surface area contributed by atoms with Crippen LogP contribution < -0.4 is 10.1 Å². The summed E-state index contributed by atoms with van der Waals surface area (Å²) in [6.45, 7) is 2.04. The highest BCUT2D eigenvalue weighted by molar-refractivity contribution is 7.14. The minimum absolute atomic E-state index is 0.0703. The Kier molecular flexibility index (Phi) is 7.60. The summed E-state index contributed by atoms with van der Waals surface area (Å²) >= 11 is 0.664. The number of carbonyl (C=O) groups is 1. The SMILES string of the molecule is COC[C@H](C)Oc1cc(/C=C/c2cc(F)cc(F)c2F)cc(C(=O)Nc2ncc(F)s2)c1. The molecule has 168 valence electrons. The predicted octanol–water partition coefficient (Wildman–Crippen LogP) is 5.54. The summed E-state index contributed by atoms with van der Waals surface area (Å²) in [5.74, 6) is -3.72. The number of hydrogen-bond donors (Lipinski definition) is 1. The quantitative estimate of drug-likeness (QED) is 0.269. The Hall–Kier alpha value is -3.24. The van der Waals surface area contributed by atoms with Crippen molar-refractivity contribution in [2.75, 3.05) is 19.0 Å². The Morgan fingerprint density at radius 2 is 1.94 bits per heavy atom. The number of halogens is 4. The van der Waals surface area contributed by atoms with Crippen LogP contribution in [0.25, 0.3) is 12.2 Å². The first kappa shape index (κ1) is 23.4. The average molecular weight is 466 g/mol. The summed E-state index contributed by atoms with van der Waals surface area (Å²) in [5, 5.41) is 1.99. The van der Waals surface area contributed by atoms with E-state index < -0.39 is 28.5 Å². The summed E-state index contributed by atoms with van der Waals surface area (Å²) in [7, 11) is 1.51. The molecule has 0 aliphatic carbocycles. The van der Waals surface area contributed by atoms with Gasteiger partial charge in [-0.25, -0.2) is 18.2 Å². The molecule has 1 aromatic heterocycles. The van der Waals surface area contributed by atoms with Gasteiger partial charge in [0, 0.05) is 24.3 Å². The number of methoxy groups -OCH3 is 1. The van der Waals surface area contributed by atoms with E-state index in [0.717, 1.165) is 12.3 Å². The van der Waals surface area contributed by atoms with Crippen molar-refractivity contribution < 1.29 is 31.8 Å². The number of thiazole rings is 1. The van der Waals surface area contributed by atoms with Gasteiger partial charge < -0.3 is 9.47 Å². The smallest absolute Gasteiger partial charge is 0.257 e. The zero-order valence-corrected chi connectivity index (χ0v) is 17.8.